The molecule has 0 heterocycles. The molecule has 2 nitrogen and oxygen atoms in total. The van der Waals surface area contributed by atoms with Gasteiger partial charge in [-0.3, -0.25) is 0 Å². The van der Waals surface area contributed by atoms with Crippen LogP contribution in [-0.2, 0) is 6.54 Å². The fourth-order valence-electron chi connectivity index (χ4n) is 1.62. The quantitative estimate of drug-likeness (QED) is 0.855. The molecule has 0 radical (unpaired) electrons. The number of benzene rings is 2. The minimum atomic E-state index is -0.337. The zero-order chi connectivity index (χ0) is 13.8. The van der Waals surface area contributed by atoms with Gasteiger partial charge in [0.2, 0.25) is 0 Å². The van der Waals surface area contributed by atoms with Gasteiger partial charge in [0.05, 0.1) is 12.8 Å². The number of hydrogen-bond donors (Lipinski definition) is 1. The van der Waals surface area contributed by atoms with Crippen LogP contribution in [0.1, 0.15) is 5.56 Å². The molecule has 100 valence electrons. The van der Waals surface area contributed by atoms with Gasteiger partial charge >= 0.3 is 0 Å². The summed E-state index contributed by atoms with van der Waals surface area (Å²) >= 11 is 9.43. The summed E-state index contributed by atoms with van der Waals surface area (Å²) in [6.45, 7) is 0.505. The molecule has 19 heavy (non-hydrogen) atoms. The van der Waals surface area contributed by atoms with Crippen molar-refractivity contribution >= 4 is 33.2 Å². The average molecular weight is 345 g/mol. The third-order valence-electron chi connectivity index (χ3n) is 2.66. The highest BCUT2D eigenvalue weighted by Gasteiger charge is 2.05. The number of halogens is 3. The standard InChI is InChI=1S/C14H12BrClFNO/c1-19-11-4-5-12(15)14(7-11)18-8-9-2-3-10(17)6-13(9)16/h2-7,18H,8H2,1H3. The van der Waals surface area contributed by atoms with Crippen molar-refractivity contribution in [3.05, 3.63) is 57.3 Å². The van der Waals surface area contributed by atoms with Crippen molar-refractivity contribution in [1.29, 1.82) is 0 Å². The molecule has 2 rings (SSSR count). The van der Waals surface area contributed by atoms with E-state index in [2.05, 4.69) is 21.2 Å². The van der Waals surface area contributed by atoms with Crippen LogP contribution in [-0.4, -0.2) is 7.11 Å². The Bertz CT molecular complexity index is 592. The molecule has 0 aromatic heterocycles. The topological polar surface area (TPSA) is 21.3 Å². The van der Waals surface area contributed by atoms with Crippen molar-refractivity contribution in [2.24, 2.45) is 0 Å². The Kier molecular flexibility index (Phi) is 4.66. The van der Waals surface area contributed by atoms with Gasteiger partial charge in [0.25, 0.3) is 0 Å². The molecule has 0 saturated carbocycles. The van der Waals surface area contributed by atoms with Crippen LogP contribution in [0.5, 0.6) is 5.75 Å². The van der Waals surface area contributed by atoms with Gasteiger partial charge in [0.15, 0.2) is 0 Å². The highest BCUT2D eigenvalue weighted by molar-refractivity contribution is 9.10. The van der Waals surface area contributed by atoms with Gasteiger partial charge in [-0.05, 0) is 45.8 Å². The Morgan fingerprint density at radius 2 is 2.05 bits per heavy atom. The van der Waals surface area contributed by atoms with Crippen LogP contribution in [0, 0.1) is 5.82 Å². The molecule has 0 aliphatic carbocycles. The highest BCUT2D eigenvalue weighted by Crippen LogP contribution is 2.28. The van der Waals surface area contributed by atoms with Gasteiger partial charge < -0.3 is 10.1 Å². The van der Waals surface area contributed by atoms with E-state index in [0.717, 1.165) is 21.5 Å². The summed E-state index contributed by atoms with van der Waals surface area (Å²) in [7, 11) is 1.61. The molecule has 2 aromatic carbocycles. The van der Waals surface area contributed by atoms with Crippen molar-refractivity contribution in [3.63, 3.8) is 0 Å². The predicted octanol–water partition coefficient (Wildman–Crippen LogP) is 4.86. The largest absolute Gasteiger partial charge is 0.497 e. The van der Waals surface area contributed by atoms with E-state index in [1.165, 1.54) is 12.1 Å². The maximum Gasteiger partial charge on any atom is 0.124 e. The molecule has 0 spiro atoms. The molecule has 0 atom stereocenters. The van der Waals surface area contributed by atoms with Crippen LogP contribution in [0.2, 0.25) is 5.02 Å². The van der Waals surface area contributed by atoms with Gasteiger partial charge in [-0.15, -0.1) is 0 Å². The molecule has 0 fully saturated rings. The SMILES string of the molecule is COc1ccc(Br)c(NCc2ccc(F)cc2Cl)c1. The van der Waals surface area contributed by atoms with E-state index in [-0.39, 0.29) is 5.82 Å². The van der Waals surface area contributed by atoms with Crippen molar-refractivity contribution in [2.45, 2.75) is 6.54 Å². The van der Waals surface area contributed by atoms with Crippen LogP contribution in [0.15, 0.2) is 40.9 Å². The Labute approximate surface area is 124 Å². The molecule has 1 N–H and O–H groups in total. The first kappa shape index (κ1) is 14.2. The van der Waals surface area contributed by atoms with E-state index < -0.39 is 0 Å². The lowest BCUT2D eigenvalue weighted by atomic mass is 10.2. The lowest BCUT2D eigenvalue weighted by Crippen LogP contribution is -2.01. The van der Waals surface area contributed by atoms with Crippen molar-refractivity contribution < 1.29 is 9.13 Å². The number of rotatable bonds is 4. The fraction of sp³-hybridized carbons (Fsp3) is 0.143. The van der Waals surface area contributed by atoms with Gasteiger partial charge in [0, 0.05) is 22.1 Å². The number of methoxy groups -OCH3 is 1. The molecule has 0 unspecified atom stereocenters. The Balaban J connectivity index is 2.14. The molecule has 0 saturated heterocycles. The van der Waals surface area contributed by atoms with Gasteiger partial charge in [-0.2, -0.15) is 0 Å². The lowest BCUT2D eigenvalue weighted by Gasteiger charge is -2.11. The van der Waals surface area contributed by atoms with E-state index in [4.69, 9.17) is 16.3 Å². The summed E-state index contributed by atoms with van der Waals surface area (Å²) in [5.41, 5.74) is 1.72. The minimum Gasteiger partial charge on any atom is -0.497 e. The smallest absolute Gasteiger partial charge is 0.124 e. The number of anilines is 1. The third-order valence-corrected chi connectivity index (χ3v) is 3.70. The maximum atomic E-state index is 12.9. The summed E-state index contributed by atoms with van der Waals surface area (Å²) in [4.78, 5) is 0. The zero-order valence-corrected chi connectivity index (χ0v) is 12.6. The molecular weight excluding hydrogens is 333 g/mol. The molecule has 0 bridgehead atoms. The first-order chi connectivity index (χ1) is 9.10. The average Bonchev–Trinajstić information content (AvgIpc) is 2.39. The summed E-state index contributed by atoms with van der Waals surface area (Å²) in [6.07, 6.45) is 0. The number of ether oxygens (including phenoxy) is 1. The second kappa shape index (κ2) is 6.26. The van der Waals surface area contributed by atoms with Crippen LogP contribution < -0.4 is 10.1 Å². The summed E-state index contributed by atoms with van der Waals surface area (Å²) in [5, 5.41) is 3.64. The summed E-state index contributed by atoms with van der Waals surface area (Å²) in [6, 6.07) is 10.00. The van der Waals surface area contributed by atoms with E-state index in [0.29, 0.717) is 11.6 Å². The van der Waals surface area contributed by atoms with Gasteiger partial charge in [-0.25, -0.2) is 4.39 Å². The van der Waals surface area contributed by atoms with Crippen LogP contribution in [0.4, 0.5) is 10.1 Å². The maximum absolute atomic E-state index is 12.9. The van der Waals surface area contributed by atoms with E-state index >= 15 is 0 Å². The van der Waals surface area contributed by atoms with E-state index in [1.807, 2.05) is 18.2 Å². The first-order valence-corrected chi connectivity index (χ1v) is 6.78. The highest BCUT2D eigenvalue weighted by atomic mass is 79.9. The molecule has 0 amide bonds. The Hall–Kier alpha value is -1.26. The van der Waals surface area contributed by atoms with E-state index in [9.17, 15) is 4.39 Å². The first-order valence-electron chi connectivity index (χ1n) is 5.61. The lowest BCUT2D eigenvalue weighted by molar-refractivity contribution is 0.415. The van der Waals surface area contributed by atoms with Crippen molar-refractivity contribution in [2.75, 3.05) is 12.4 Å². The number of hydrogen-bond acceptors (Lipinski definition) is 2. The third kappa shape index (κ3) is 3.61. The Morgan fingerprint density at radius 1 is 1.26 bits per heavy atom. The molecule has 2 aromatic rings. The van der Waals surface area contributed by atoms with Crippen LogP contribution >= 0.6 is 27.5 Å². The van der Waals surface area contributed by atoms with E-state index in [1.54, 1.807) is 13.2 Å². The molecule has 0 aliphatic heterocycles. The normalized spacial score (nSPS) is 10.3. The van der Waals surface area contributed by atoms with Gasteiger partial charge in [-0.1, -0.05) is 17.7 Å². The van der Waals surface area contributed by atoms with Crippen LogP contribution in [0.3, 0.4) is 0 Å². The van der Waals surface area contributed by atoms with Gasteiger partial charge in [0.1, 0.15) is 11.6 Å². The zero-order valence-electron chi connectivity index (χ0n) is 10.2. The van der Waals surface area contributed by atoms with Crippen molar-refractivity contribution in [3.8, 4) is 5.75 Å². The van der Waals surface area contributed by atoms with Crippen molar-refractivity contribution in [1.82, 2.24) is 0 Å². The second-order valence-corrected chi connectivity index (χ2v) is 5.20. The molecular formula is C14H12BrClFNO. The fourth-order valence-corrected chi connectivity index (χ4v) is 2.24. The molecule has 0 aliphatic rings. The summed E-state index contributed by atoms with van der Waals surface area (Å²) in [5.74, 6) is 0.423. The minimum absolute atomic E-state index is 0.337. The Morgan fingerprint density at radius 3 is 2.74 bits per heavy atom. The predicted molar refractivity (Wildman–Crippen MR) is 79.4 cm³/mol. The van der Waals surface area contributed by atoms with Crippen LogP contribution in [0.25, 0.3) is 0 Å². The second-order valence-electron chi connectivity index (χ2n) is 3.94. The monoisotopic (exact) mass is 343 g/mol. The number of nitrogens with one attached hydrogen (secondary N) is 1. The summed E-state index contributed by atoms with van der Waals surface area (Å²) < 4.78 is 19.0. The molecule has 5 heteroatoms.